The van der Waals surface area contributed by atoms with Crippen molar-refractivity contribution in [3.8, 4) is 0 Å². The number of nitrogens with zero attached hydrogens (tertiary/aromatic N) is 1. The molecule has 5 saturated heterocycles. The molecule has 6 heteroatoms. The Kier molecular flexibility index (Phi) is 4.81. The fourth-order valence-electron chi connectivity index (χ4n) is 6.36. The molecular weight excluding hydrogens is 346 g/mol. The van der Waals surface area contributed by atoms with Crippen LogP contribution in [0.4, 0.5) is 0 Å². The van der Waals surface area contributed by atoms with Crippen LogP contribution in [0.3, 0.4) is 0 Å². The Morgan fingerprint density at radius 2 is 1.85 bits per heavy atom. The summed E-state index contributed by atoms with van der Waals surface area (Å²) in [5.74, 6) is 0.940. The molecule has 3 unspecified atom stereocenters. The third-order valence-electron chi connectivity index (χ3n) is 7.92. The topological polar surface area (TPSA) is 49.4 Å². The zero-order valence-corrected chi connectivity index (χ0v) is 17.0. The van der Waals surface area contributed by atoms with E-state index in [1.165, 1.54) is 38.8 Å². The van der Waals surface area contributed by atoms with Gasteiger partial charge in [0.15, 0.2) is 18.2 Å². The first kappa shape index (κ1) is 18.8. The van der Waals surface area contributed by atoms with Crippen molar-refractivity contribution in [2.75, 3.05) is 26.2 Å². The minimum absolute atomic E-state index is 0.226. The van der Waals surface area contributed by atoms with Crippen molar-refractivity contribution in [1.29, 1.82) is 0 Å². The normalized spacial score (nSPS) is 52.6. The summed E-state index contributed by atoms with van der Waals surface area (Å²) >= 11 is 0. The Hall–Kier alpha value is -0.240. The highest BCUT2D eigenvalue weighted by Crippen LogP contribution is 2.62. The van der Waals surface area contributed by atoms with Crippen molar-refractivity contribution < 1.29 is 24.0 Å². The van der Waals surface area contributed by atoms with Gasteiger partial charge in [0.05, 0.1) is 6.61 Å². The fraction of sp³-hybridized carbons (Fsp3) is 1.00. The SMILES string of the molecule is C[C@@H]1CCC2[C@@H](C)[C@@H](OCCN3CCCCC3)O[C@@H]3OC4(C)CC1[C@@]23OO4. The van der Waals surface area contributed by atoms with Gasteiger partial charge < -0.3 is 19.1 Å². The third kappa shape index (κ3) is 2.99. The molecule has 154 valence electrons. The highest BCUT2D eigenvalue weighted by atomic mass is 17.3. The molecule has 6 nitrogen and oxygen atoms in total. The van der Waals surface area contributed by atoms with Gasteiger partial charge in [-0.25, -0.2) is 9.78 Å². The maximum absolute atomic E-state index is 6.40. The van der Waals surface area contributed by atoms with E-state index in [1.807, 2.05) is 6.92 Å². The lowest BCUT2D eigenvalue weighted by Crippen LogP contribution is -2.76. The predicted octanol–water partition coefficient (Wildman–Crippen LogP) is 3.31. The number of ether oxygens (including phenoxy) is 3. The first-order valence-electron chi connectivity index (χ1n) is 11.1. The lowest BCUT2D eigenvalue weighted by molar-refractivity contribution is -0.615. The van der Waals surface area contributed by atoms with E-state index < -0.39 is 11.4 Å². The van der Waals surface area contributed by atoms with Crippen molar-refractivity contribution in [2.24, 2.45) is 23.7 Å². The van der Waals surface area contributed by atoms with E-state index in [1.54, 1.807) is 0 Å². The van der Waals surface area contributed by atoms with E-state index in [0.717, 1.165) is 26.0 Å². The molecule has 6 aliphatic rings. The van der Waals surface area contributed by atoms with Crippen LogP contribution in [-0.4, -0.2) is 55.1 Å². The van der Waals surface area contributed by atoms with Crippen LogP contribution < -0.4 is 0 Å². The molecule has 6 fully saturated rings. The van der Waals surface area contributed by atoms with Gasteiger partial charge in [0.1, 0.15) is 0 Å². The Labute approximate surface area is 162 Å². The molecule has 27 heavy (non-hydrogen) atoms. The molecule has 0 aromatic carbocycles. The maximum atomic E-state index is 6.40. The van der Waals surface area contributed by atoms with Crippen molar-refractivity contribution in [3.05, 3.63) is 0 Å². The molecule has 0 aromatic heterocycles. The predicted molar refractivity (Wildman–Crippen MR) is 98.5 cm³/mol. The molecular formula is C21H35NO5. The fourth-order valence-corrected chi connectivity index (χ4v) is 6.36. The van der Waals surface area contributed by atoms with Crippen LogP contribution in [0.2, 0.25) is 0 Å². The second-order valence-corrected chi connectivity index (χ2v) is 9.71. The minimum Gasteiger partial charge on any atom is -0.351 e. The Bertz CT molecular complexity index is 555. The molecule has 8 atom stereocenters. The molecule has 0 aromatic rings. The van der Waals surface area contributed by atoms with Crippen molar-refractivity contribution in [3.63, 3.8) is 0 Å². The average molecular weight is 382 g/mol. The number of hydrogen-bond acceptors (Lipinski definition) is 6. The summed E-state index contributed by atoms with van der Waals surface area (Å²) in [4.78, 5) is 14.3. The molecule has 1 saturated carbocycles. The number of rotatable bonds is 4. The van der Waals surface area contributed by atoms with E-state index >= 15 is 0 Å². The van der Waals surface area contributed by atoms with E-state index in [0.29, 0.717) is 17.8 Å². The second kappa shape index (κ2) is 6.92. The van der Waals surface area contributed by atoms with Crippen LogP contribution in [-0.2, 0) is 24.0 Å². The third-order valence-corrected chi connectivity index (χ3v) is 7.92. The Morgan fingerprint density at radius 3 is 2.67 bits per heavy atom. The van der Waals surface area contributed by atoms with Gasteiger partial charge in [-0.1, -0.05) is 20.3 Å². The van der Waals surface area contributed by atoms with E-state index in [4.69, 9.17) is 24.0 Å². The summed E-state index contributed by atoms with van der Waals surface area (Å²) in [6.07, 6.45) is 6.61. The van der Waals surface area contributed by atoms with Gasteiger partial charge in [-0.05, 0) is 51.6 Å². The van der Waals surface area contributed by atoms with Gasteiger partial charge in [-0.3, -0.25) is 0 Å². The van der Waals surface area contributed by atoms with Gasteiger partial charge in [-0.15, -0.1) is 0 Å². The maximum Gasteiger partial charge on any atom is 0.202 e. The highest BCUT2D eigenvalue weighted by molar-refractivity contribution is 5.10. The molecule has 5 aliphatic heterocycles. The number of likely N-dealkylation sites (tertiary alicyclic amines) is 1. The summed E-state index contributed by atoms with van der Waals surface area (Å²) in [5, 5.41) is 0. The number of piperidine rings is 1. The molecule has 0 amide bonds. The summed E-state index contributed by atoms with van der Waals surface area (Å²) in [6.45, 7) is 10.7. The summed E-state index contributed by atoms with van der Waals surface area (Å²) in [5.41, 5.74) is -0.471. The quantitative estimate of drug-likeness (QED) is 0.697. The van der Waals surface area contributed by atoms with Gasteiger partial charge in [0.2, 0.25) is 5.79 Å². The molecule has 2 bridgehead atoms. The first-order chi connectivity index (χ1) is 13.0. The van der Waals surface area contributed by atoms with Crippen LogP contribution in [0.25, 0.3) is 0 Å². The van der Waals surface area contributed by atoms with Crippen molar-refractivity contribution in [2.45, 2.75) is 83.3 Å². The van der Waals surface area contributed by atoms with Crippen LogP contribution in [0.15, 0.2) is 0 Å². The lowest BCUT2D eigenvalue weighted by Gasteiger charge is -2.66. The van der Waals surface area contributed by atoms with Gasteiger partial charge in [0.25, 0.3) is 0 Å². The smallest absolute Gasteiger partial charge is 0.202 e. The number of fused-ring (bicyclic) bond motifs is 1. The Morgan fingerprint density at radius 1 is 1.04 bits per heavy atom. The highest BCUT2D eigenvalue weighted by Gasteiger charge is 2.72. The summed E-state index contributed by atoms with van der Waals surface area (Å²) < 4.78 is 18.9. The van der Waals surface area contributed by atoms with Crippen molar-refractivity contribution in [1.82, 2.24) is 4.90 Å². The van der Waals surface area contributed by atoms with Gasteiger partial charge >= 0.3 is 0 Å². The lowest BCUT2D eigenvalue weighted by atomic mass is 9.56. The van der Waals surface area contributed by atoms with E-state index in [-0.39, 0.29) is 18.5 Å². The summed E-state index contributed by atoms with van der Waals surface area (Å²) in [7, 11) is 0. The summed E-state index contributed by atoms with van der Waals surface area (Å²) in [6, 6.07) is 0. The zero-order chi connectivity index (χ0) is 18.6. The molecule has 5 heterocycles. The molecule has 1 spiro atoms. The molecule has 1 aliphatic carbocycles. The minimum atomic E-state index is -0.702. The first-order valence-corrected chi connectivity index (χ1v) is 11.1. The standard InChI is InChI=1S/C21H35NO5/c1-14-7-8-16-15(2)18(23-12-11-22-9-5-4-6-10-22)24-19-21(16)17(14)13-20(3,25-19)26-27-21/h14-19H,4-13H2,1-3H3/t14-,15-,16?,17?,18+,19-,20?,21+/m1/s1. The van der Waals surface area contributed by atoms with Crippen LogP contribution >= 0.6 is 0 Å². The van der Waals surface area contributed by atoms with Gasteiger partial charge in [-0.2, -0.15) is 0 Å². The molecule has 0 radical (unpaired) electrons. The number of hydrogen-bond donors (Lipinski definition) is 0. The average Bonchev–Trinajstić information content (AvgIpc) is 2.67. The molecule has 0 N–H and O–H groups in total. The van der Waals surface area contributed by atoms with Crippen LogP contribution in [0.5, 0.6) is 0 Å². The monoisotopic (exact) mass is 381 g/mol. The van der Waals surface area contributed by atoms with Crippen LogP contribution in [0.1, 0.15) is 59.3 Å². The van der Waals surface area contributed by atoms with Crippen LogP contribution in [0, 0.1) is 23.7 Å². The van der Waals surface area contributed by atoms with E-state index in [2.05, 4.69) is 18.7 Å². The second-order valence-electron chi connectivity index (χ2n) is 9.71. The largest absolute Gasteiger partial charge is 0.351 e. The van der Waals surface area contributed by atoms with Gasteiger partial charge in [0, 0.05) is 30.7 Å². The van der Waals surface area contributed by atoms with Crippen molar-refractivity contribution >= 4 is 0 Å². The zero-order valence-electron chi connectivity index (χ0n) is 17.0. The Balaban J connectivity index is 1.29. The van der Waals surface area contributed by atoms with E-state index in [9.17, 15) is 0 Å². The molecule has 6 rings (SSSR count).